The molecule has 1 aromatic heterocycles. The van der Waals surface area contributed by atoms with E-state index < -0.39 is 0 Å². The zero-order valence-electron chi connectivity index (χ0n) is 11.1. The summed E-state index contributed by atoms with van der Waals surface area (Å²) in [6.45, 7) is 3.59. The largest absolute Gasteiger partial charge is 0.294 e. The minimum absolute atomic E-state index is 0.0312. The fourth-order valence-corrected chi connectivity index (χ4v) is 1.87. The van der Waals surface area contributed by atoms with Gasteiger partial charge in [0.25, 0.3) is 0 Å². The van der Waals surface area contributed by atoms with E-state index in [2.05, 4.69) is 4.98 Å². The Morgan fingerprint density at radius 2 is 2.00 bits per heavy atom. The highest BCUT2D eigenvalue weighted by atomic mass is 19.1. The lowest BCUT2D eigenvalue weighted by atomic mass is 10.0. The number of aromatic nitrogens is 1. The van der Waals surface area contributed by atoms with Crippen molar-refractivity contribution in [2.24, 2.45) is 0 Å². The van der Waals surface area contributed by atoms with Crippen molar-refractivity contribution < 1.29 is 9.18 Å². The van der Waals surface area contributed by atoms with Gasteiger partial charge in [-0.2, -0.15) is 0 Å². The van der Waals surface area contributed by atoms with Gasteiger partial charge in [-0.15, -0.1) is 0 Å². The summed E-state index contributed by atoms with van der Waals surface area (Å²) in [6.07, 6.45) is 2.86. The number of rotatable bonds is 4. The van der Waals surface area contributed by atoms with Crippen LogP contribution in [0, 0.1) is 19.7 Å². The highest BCUT2D eigenvalue weighted by Gasteiger charge is 2.08. The predicted octanol–water partition coefficient (Wildman–Crippen LogP) is 3.65. The van der Waals surface area contributed by atoms with E-state index in [9.17, 15) is 9.18 Å². The summed E-state index contributed by atoms with van der Waals surface area (Å²) in [7, 11) is 0. The first-order chi connectivity index (χ1) is 9.06. The molecule has 0 saturated heterocycles. The SMILES string of the molecule is Cc1ccc(CCC(=O)c2ccc(F)c(C)c2)cn1. The third-order valence-electron chi connectivity index (χ3n) is 3.09. The van der Waals surface area contributed by atoms with E-state index in [1.54, 1.807) is 19.2 Å². The van der Waals surface area contributed by atoms with Crippen LogP contribution >= 0.6 is 0 Å². The van der Waals surface area contributed by atoms with Gasteiger partial charge in [-0.05, 0) is 55.7 Å². The van der Waals surface area contributed by atoms with E-state index in [-0.39, 0.29) is 11.6 Å². The monoisotopic (exact) mass is 257 g/mol. The molecule has 2 rings (SSSR count). The Morgan fingerprint density at radius 3 is 2.63 bits per heavy atom. The Bertz CT molecular complexity index is 590. The molecule has 98 valence electrons. The number of halogens is 1. The van der Waals surface area contributed by atoms with Crippen LogP contribution in [-0.4, -0.2) is 10.8 Å². The summed E-state index contributed by atoms with van der Waals surface area (Å²) in [5.41, 5.74) is 3.07. The number of aryl methyl sites for hydroxylation is 3. The van der Waals surface area contributed by atoms with Gasteiger partial charge in [0.05, 0.1) is 0 Å². The van der Waals surface area contributed by atoms with Gasteiger partial charge in [0.2, 0.25) is 0 Å². The number of hydrogen-bond donors (Lipinski definition) is 0. The maximum atomic E-state index is 13.1. The Labute approximate surface area is 112 Å². The topological polar surface area (TPSA) is 30.0 Å². The fourth-order valence-electron chi connectivity index (χ4n) is 1.87. The Hall–Kier alpha value is -2.03. The van der Waals surface area contributed by atoms with Gasteiger partial charge in [-0.1, -0.05) is 6.07 Å². The average Bonchev–Trinajstić information content (AvgIpc) is 2.41. The van der Waals surface area contributed by atoms with Gasteiger partial charge in [0.15, 0.2) is 5.78 Å². The second-order valence-corrected chi connectivity index (χ2v) is 4.69. The quantitative estimate of drug-likeness (QED) is 0.782. The van der Waals surface area contributed by atoms with Crippen molar-refractivity contribution in [2.75, 3.05) is 0 Å². The molecule has 0 aliphatic rings. The van der Waals surface area contributed by atoms with Gasteiger partial charge >= 0.3 is 0 Å². The van der Waals surface area contributed by atoms with Crippen molar-refractivity contribution in [1.82, 2.24) is 4.98 Å². The molecule has 0 saturated carbocycles. The third-order valence-corrected chi connectivity index (χ3v) is 3.09. The highest BCUT2D eigenvalue weighted by Crippen LogP contribution is 2.13. The average molecular weight is 257 g/mol. The number of benzene rings is 1. The van der Waals surface area contributed by atoms with Crippen LogP contribution < -0.4 is 0 Å². The second kappa shape index (κ2) is 5.74. The number of carbonyl (C=O) groups excluding carboxylic acids is 1. The first-order valence-corrected chi connectivity index (χ1v) is 6.27. The van der Waals surface area contributed by atoms with Crippen LogP contribution in [-0.2, 0) is 6.42 Å². The molecular weight excluding hydrogens is 241 g/mol. The van der Waals surface area contributed by atoms with E-state index in [1.807, 2.05) is 19.1 Å². The molecular formula is C16H16FNO. The number of pyridine rings is 1. The molecule has 0 aliphatic carbocycles. The van der Waals surface area contributed by atoms with Crippen LogP contribution in [0.4, 0.5) is 4.39 Å². The Balaban J connectivity index is 2.01. The van der Waals surface area contributed by atoms with Crippen LogP contribution in [0.25, 0.3) is 0 Å². The van der Waals surface area contributed by atoms with E-state index in [0.717, 1.165) is 11.3 Å². The molecule has 3 heteroatoms. The first-order valence-electron chi connectivity index (χ1n) is 6.27. The van der Waals surface area contributed by atoms with Crippen molar-refractivity contribution in [1.29, 1.82) is 0 Å². The van der Waals surface area contributed by atoms with Gasteiger partial charge < -0.3 is 0 Å². The van der Waals surface area contributed by atoms with Gasteiger partial charge in [-0.3, -0.25) is 9.78 Å². The smallest absolute Gasteiger partial charge is 0.163 e. The summed E-state index contributed by atoms with van der Waals surface area (Å²) in [5.74, 6) is -0.247. The summed E-state index contributed by atoms with van der Waals surface area (Å²) >= 11 is 0. The number of nitrogens with zero attached hydrogens (tertiary/aromatic N) is 1. The summed E-state index contributed by atoms with van der Waals surface area (Å²) in [5, 5.41) is 0. The van der Waals surface area contributed by atoms with Crippen LogP contribution in [0.5, 0.6) is 0 Å². The predicted molar refractivity (Wildman–Crippen MR) is 72.8 cm³/mol. The summed E-state index contributed by atoms with van der Waals surface area (Å²) in [6, 6.07) is 8.40. The number of ketones is 1. The second-order valence-electron chi connectivity index (χ2n) is 4.69. The molecule has 0 N–H and O–H groups in total. The molecule has 0 atom stereocenters. The van der Waals surface area contributed by atoms with Crippen LogP contribution in [0.1, 0.15) is 33.6 Å². The third kappa shape index (κ3) is 3.47. The van der Waals surface area contributed by atoms with Gasteiger partial charge in [-0.25, -0.2) is 4.39 Å². The fraction of sp³-hybridized carbons (Fsp3) is 0.250. The Morgan fingerprint density at radius 1 is 1.21 bits per heavy atom. The van der Waals surface area contributed by atoms with Gasteiger partial charge in [0.1, 0.15) is 5.82 Å². The lowest BCUT2D eigenvalue weighted by molar-refractivity contribution is 0.0982. The maximum Gasteiger partial charge on any atom is 0.163 e. The lowest BCUT2D eigenvalue weighted by Crippen LogP contribution is -2.02. The molecule has 0 bridgehead atoms. The van der Waals surface area contributed by atoms with E-state index >= 15 is 0 Å². The summed E-state index contributed by atoms with van der Waals surface area (Å²) in [4.78, 5) is 16.2. The van der Waals surface area contributed by atoms with Gasteiger partial charge in [0, 0.05) is 23.9 Å². The zero-order chi connectivity index (χ0) is 13.8. The van der Waals surface area contributed by atoms with Crippen LogP contribution in [0.15, 0.2) is 36.5 Å². The zero-order valence-corrected chi connectivity index (χ0v) is 11.1. The molecule has 1 heterocycles. The molecule has 0 unspecified atom stereocenters. The van der Waals surface area contributed by atoms with Crippen LogP contribution in [0.2, 0.25) is 0 Å². The lowest BCUT2D eigenvalue weighted by Gasteiger charge is -2.04. The minimum Gasteiger partial charge on any atom is -0.294 e. The van der Waals surface area contributed by atoms with Crippen molar-refractivity contribution in [2.45, 2.75) is 26.7 Å². The molecule has 0 radical (unpaired) electrons. The normalized spacial score (nSPS) is 10.5. The minimum atomic E-state index is -0.278. The highest BCUT2D eigenvalue weighted by molar-refractivity contribution is 5.96. The molecule has 0 fully saturated rings. The number of Topliss-reactive ketones (excluding diaryl/α,β-unsaturated/α-hetero) is 1. The first kappa shape index (κ1) is 13.4. The van der Waals surface area contributed by atoms with Crippen molar-refractivity contribution in [3.05, 3.63) is 64.7 Å². The molecule has 1 aromatic carbocycles. The number of carbonyl (C=O) groups is 1. The van der Waals surface area contributed by atoms with Crippen molar-refractivity contribution in [3.8, 4) is 0 Å². The Kier molecular flexibility index (Phi) is 4.05. The molecule has 19 heavy (non-hydrogen) atoms. The summed E-state index contributed by atoms with van der Waals surface area (Å²) < 4.78 is 13.1. The standard InChI is InChI=1S/C16H16FNO/c1-11-9-14(6-7-15(11)17)16(19)8-5-13-4-3-12(2)18-10-13/h3-4,6-7,9-10H,5,8H2,1-2H3. The van der Waals surface area contributed by atoms with Crippen molar-refractivity contribution >= 4 is 5.78 Å². The maximum absolute atomic E-state index is 13.1. The molecule has 2 aromatic rings. The molecule has 0 aliphatic heterocycles. The van der Waals surface area contributed by atoms with E-state index in [0.29, 0.717) is 24.0 Å². The van der Waals surface area contributed by atoms with E-state index in [1.165, 1.54) is 12.1 Å². The molecule has 0 spiro atoms. The number of hydrogen-bond acceptors (Lipinski definition) is 2. The molecule has 0 amide bonds. The van der Waals surface area contributed by atoms with Crippen molar-refractivity contribution in [3.63, 3.8) is 0 Å². The van der Waals surface area contributed by atoms with E-state index in [4.69, 9.17) is 0 Å². The van der Waals surface area contributed by atoms with Crippen LogP contribution in [0.3, 0.4) is 0 Å². The molecule has 2 nitrogen and oxygen atoms in total.